The first-order valence-corrected chi connectivity index (χ1v) is 12.3. The molecule has 0 saturated heterocycles. The van der Waals surface area contributed by atoms with E-state index in [2.05, 4.69) is 6.92 Å². The number of carbonyl (C=O) groups excluding carboxylic acids is 1. The van der Waals surface area contributed by atoms with Gasteiger partial charge in [-0.3, -0.25) is 0 Å². The highest BCUT2D eigenvalue weighted by Gasteiger charge is 2.39. The number of carbonyl (C=O) groups is 1. The average molecular weight is 380 g/mol. The number of carboxylic acid groups (broad SMARTS) is 1. The lowest BCUT2D eigenvalue weighted by Crippen LogP contribution is -2.46. The maximum atomic E-state index is 11.3. The van der Waals surface area contributed by atoms with E-state index in [1.807, 2.05) is 20.8 Å². The summed E-state index contributed by atoms with van der Waals surface area (Å²) in [5.41, 5.74) is 0. The van der Waals surface area contributed by atoms with Crippen LogP contribution in [0.2, 0.25) is 6.04 Å². The molecular formula is C17H35O5SSi-. The number of rotatable bonds is 17. The summed E-state index contributed by atoms with van der Waals surface area (Å²) in [5.74, 6) is -0.187. The molecule has 0 aliphatic carbocycles. The van der Waals surface area contributed by atoms with Crippen LogP contribution in [0.3, 0.4) is 0 Å². The maximum Gasteiger partial charge on any atom is 0.500 e. The van der Waals surface area contributed by atoms with Crippen molar-refractivity contribution in [2.75, 3.05) is 25.6 Å². The molecule has 5 nitrogen and oxygen atoms in total. The molecule has 0 fully saturated rings. The molecule has 1 atom stereocenters. The fourth-order valence-corrected chi connectivity index (χ4v) is 6.47. The van der Waals surface area contributed by atoms with Gasteiger partial charge in [-0.05, 0) is 39.4 Å². The van der Waals surface area contributed by atoms with Crippen LogP contribution in [0, 0.1) is 0 Å². The molecule has 0 aromatic carbocycles. The predicted molar refractivity (Wildman–Crippen MR) is 100 cm³/mol. The fourth-order valence-electron chi connectivity index (χ4n) is 2.54. The van der Waals surface area contributed by atoms with E-state index in [9.17, 15) is 9.90 Å². The van der Waals surface area contributed by atoms with Gasteiger partial charge in [-0.2, -0.15) is 11.8 Å². The van der Waals surface area contributed by atoms with Gasteiger partial charge in [-0.15, -0.1) is 0 Å². The van der Waals surface area contributed by atoms with Crippen LogP contribution in [-0.2, 0) is 18.1 Å². The second-order valence-electron chi connectivity index (χ2n) is 5.61. The summed E-state index contributed by atoms with van der Waals surface area (Å²) >= 11 is 1.48. The molecule has 0 N–H and O–H groups in total. The Morgan fingerprint density at radius 1 is 0.958 bits per heavy atom. The first-order valence-electron chi connectivity index (χ1n) is 9.29. The van der Waals surface area contributed by atoms with E-state index < -0.39 is 20.0 Å². The van der Waals surface area contributed by atoms with Crippen molar-refractivity contribution in [1.82, 2.24) is 0 Å². The van der Waals surface area contributed by atoms with Gasteiger partial charge in [0.25, 0.3) is 0 Å². The van der Waals surface area contributed by atoms with Gasteiger partial charge in [0.2, 0.25) is 0 Å². The van der Waals surface area contributed by atoms with Gasteiger partial charge in [0.1, 0.15) is 0 Å². The number of thioether (sulfide) groups is 1. The van der Waals surface area contributed by atoms with Crippen molar-refractivity contribution < 1.29 is 23.2 Å². The first-order chi connectivity index (χ1) is 11.5. The van der Waals surface area contributed by atoms with Gasteiger partial charge < -0.3 is 23.2 Å². The smallest absolute Gasteiger partial charge is 0.500 e. The zero-order chi connectivity index (χ0) is 18.3. The molecule has 24 heavy (non-hydrogen) atoms. The molecule has 0 aromatic heterocycles. The minimum atomic E-state index is -2.61. The van der Waals surface area contributed by atoms with Crippen LogP contribution in [0.25, 0.3) is 0 Å². The normalized spacial score (nSPS) is 13.2. The third kappa shape index (κ3) is 10.7. The van der Waals surface area contributed by atoms with E-state index in [0.29, 0.717) is 26.2 Å². The molecular weight excluding hydrogens is 344 g/mol. The molecule has 0 radical (unpaired) electrons. The number of unbranched alkanes of at least 4 members (excludes halogenated alkanes) is 3. The summed E-state index contributed by atoms with van der Waals surface area (Å²) < 4.78 is 17.4. The second-order valence-corrected chi connectivity index (χ2v) is 9.66. The van der Waals surface area contributed by atoms with Gasteiger partial charge >= 0.3 is 8.80 Å². The van der Waals surface area contributed by atoms with E-state index in [-0.39, 0.29) is 0 Å². The zero-order valence-corrected chi connectivity index (χ0v) is 17.6. The SMILES string of the molecule is CCCCCCC(SCCC[Si](OCC)(OCC)OCC)C(=O)[O-]. The molecule has 0 saturated carbocycles. The Hall–Kier alpha value is -0.0831. The summed E-state index contributed by atoms with van der Waals surface area (Å²) in [4.78, 5) is 11.3. The summed E-state index contributed by atoms with van der Waals surface area (Å²) in [6, 6.07) is 0.727. The minimum absolute atomic E-state index is 0.413. The Kier molecular flexibility index (Phi) is 15.1. The van der Waals surface area contributed by atoms with E-state index in [1.54, 1.807) is 0 Å². The predicted octanol–water partition coefficient (Wildman–Crippen LogP) is 3.25. The van der Waals surface area contributed by atoms with Crippen molar-refractivity contribution in [1.29, 1.82) is 0 Å². The van der Waals surface area contributed by atoms with Crippen LogP contribution < -0.4 is 5.11 Å². The topological polar surface area (TPSA) is 67.8 Å². The molecule has 0 aromatic rings. The molecule has 0 rings (SSSR count). The highest BCUT2D eigenvalue weighted by atomic mass is 32.2. The third-order valence-corrected chi connectivity index (χ3v) is 8.13. The van der Waals surface area contributed by atoms with E-state index >= 15 is 0 Å². The van der Waals surface area contributed by atoms with Gasteiger partial charge in [-0.1, -0.05) is 32.6 Å². The quantitative estimate of drug-likeness (QED) is 0.285. The highest BCUT2D eigenvalue weighted by Crippen LogP contribution is 2.23. The Morgan fingerprint density at radius 3 is 2.00 bits per heavy atom. The Labute approximate surface area is 153 Å². The second kappa shape index (κ2) is 15.2. The van der Waals surface area contributed by atoms with Crippen molar-refractivity contribution >= 4 is 26.5 Å². The third-order valence-electron chi connectivity index (χ3n) is 3.62. The number of hydrogen-bond donors (Lipinski definition) is 0. The Balaban J connectivity index is 4.28. The van der Waals surface area contributed by atoms with Crippen molar-refractivity contribution in [2.24, 2.45) is 0 Å². The molecule has 0 heterocycles. The lowest BCUT2D eigenvalue weighted by Gasteiger charge is -2.28. The molecule has 0 aliphatic rings. The van der Waals surface area contributed by atoms with Gasteiger partial charge in [0.15, 0.2) is 0 Å². The van der Waals surface area contributed by atoms with Crippen molar-refractivity contribution in [2.45, 2.75) is 77.5 Å². The van der Waals surface area contributed by atoms with Gasteiger partial charge in [0.05, 0.1) is 5.97 Å². The van der Waals surface area contributed by atoms with Crippen LogP contribution >= 0.6 is 11.8 Å². The molecule has 0 amide bonds. The monoisotopic (exact) mass is 379 g/mol. The maximum absolute atomic E-state index is 11.3. The van der Waals surface area contributed by atoms with Gasteiger partial charge in [0, 0.05) is 31.1 Å². The highest BCUT2D eigenvalue weighted by molar-refractivity contribution is 8.00. The molecule has 0 spiro atoms. The summed E-state index contributed by atoms with van der Waals surface area (Å²) in [7, 11) is -2.61. The molecule has 0 bridgehead atoms. The summed E-state index contributed by atoms with van der Waals surface area (Å²) in [5, 5.41) is 10.9. The number of carboxylic acids is 1. The fraction of sp³-hybridized carbons (Fsp3) is 0.941. The lowest BCUT2D eigenvalue weighted by atomic mass is 10.1. The van der Waals surface area contributed by atoms with Crippen LogP contribution in [0.5, 0.6) is 0 Å². The Bertz CT molecular complexity index is 300. The zero-order valence-electron chi connectivity index (χ0n) is 15.8. The lowest BCUT2D eigenvalue weighted by molar-refractivity contribution is -0.304. The number of hydrogen-bond acceptors (Lipinski definition) is 6. The molecule has 7 heteroatoms. The minimum Gasteiger partial charge on any atom is -0.549 e. The average Bonchev–Trinajstić information content (AvgIpc) is 2.54. The largest absolute Gasteiger partial charge is 0.549 e. The molecule has 1 unspecified atom stereocenters. The van der Waals surface area contributed by atoms with Crippen molar-refractivity contribution in [3.63, 3.8) is 0 Å². The Morgan fingerprint density at radius 2 is 1.54 bits per heavy atom. The van der Waals surface area contributed by atoms with Crippen molar-refractivity contribution in [3.05, 3.63) is 0 Å². The van der Waals surface area contributed by atoms with Crippen molar-refractivity contribution in [3.8, 4) is 0 Å². The van der Waals surface area contributed by atoms with Crippen LogP contribution in [0.1, 0.15) is 66.2 Å². The summed E-state index contributed by atoms with van der Waals surface area (Å²) in [6.45, 7) is 9.68. The van der Waals surface area contributed by atoms with Crippen LogP contribution in [-0.4, -0.2) is 45.6 Å². The van der Waals surface area contributed by atoms with Crippen LogP contribution in [0.4, 0.5) is 0 Å². The first kappa shape index (κ1) is 23.9. The number of aliphatic carboxylic acids is 1. The van der Waals surface area contributed by atoms with Crippen LogP contribution in [0.15, 0.2) is 0 Å². The van der Waals surface area contributed by atoms with E-state index in [0.717, 1.165) is 43.9 Å². The molecule has 144 valence electrons. The van der Waals surface area contributed by atoms with E-state index in [1.165, 1.54) is 11.8 Å². The van der Waals surface area contributed by atoms with E-state index in [4.69, 9.17) is 13.3 Å². The molecule has 0 aliphatic heterocycles. The standard InChI is InChI=1S/C17H36O5SSi/c1-5-9-10-11-13-16(17(18)19)23-14-12-15-24(20-6-2,21-7-3)22-8-4/h16H,5-15H2,1-4H3,(H,18,19)/p-1. The summed E-state index contributed by atoms with van der Waals surface area (Å²) in [6.07, 6.45) is 5.89. The van der Waals surface area contributed by atoms with Gasteiger partial charge in [-0.25, -0.2) is 0 Å².